The van der Waals surface area contributed by atoms with Gasteiger partial charge >= 0.3 is 64.3 Å². The number of nitrogens with zero attached hydrogens (tertiary/aromatic N) is 1. The van der Waals surface area contributed by atoms with Crippen LogP contribution in [0.3, 0.4) is 0 Å². The van der Waals surface area contributed by atoms with Gasteiger partial charge in [0.25, 0.3) is 0 Å². The molecule has 0 atom stereocenters. The van der Waals surface area contributed by atoms with Crippen molar-refractivity contribution in [2.45, 2.75) is 0 Å². The van der Waals surface area contributed by atoms with Gasteiger partial charge in [-0.1, -0.05) is 0 Å². The summed E-state index contributed by atoms with van der Waals surface area (Å²) in [5.74, 6) is 0. The molecule has 1 aliphatic heterocycles. The maximum atomic E-state index is 4.24. The molecule has 0 unspecified atom stereocenters. The van der Waals surface area contributed by atoms with Crippen LogP contribution in [-0.2, 0) is 0 Å². The van der Waals surface area contributed by atoms with Crippen LogP contribution in [0.4, 0.5) is 0 Å². The minimum atomic E-state index is -0.00806. The zero-order valence-corrected chi connectivity index (χ0v) is 6.87. The van der Waals surface area contributed by atoms with Crippen molar-refractivity contribution in [1.82, 2.24) is 0 Å². The fourth-order valence-electron chi connectivity index (χ4n) is 0.786. The van der Waals surface area contributed by atoms with E-state index >= 15 is 0 Å². The van der Waals surface area contributed by atoms with Gasteiger partial charge in [-0.3, -0.25) is 0 Å². The summed E-state index contributed by atoms with van der Waals surface area (Å²) in [6, 6.07) is 8.41. The van der Waals surface area contributed by atoms with E-state index in [0.717, 1.165) is 0 Å². The fraction of sp³-hybridized carbons (Fsp3) is 0. The summed E-state index contributed by atoms with van der Waals surface area (Å²) >= 11 is -0.00806. The van der Waals surface area contributed by atoms with Crippen LogP contribution in [0.15, 0.2) is 27.5 Å². The SMILES string of the molecule is C1=N[I-]c2ccccc21. The molecule has 0 aliphatic carbocycles. The standard InChI is InChI=1S/C7H5IN/c1-2-4-7-6(3-1)5-9-8-7/h1-5H/q-1. The van der Waals surface area contributed by atoms with Crippen molar-refractivity contribution < 1.29 is 21.5 Å². The Morgan fingerprint density at radius 3 is 3.00 bits per heavy atom. The van der Waals surface area contributed by atoms with Crippen LogP contribution in [0.25, 0.3) is 0 Å². The second-order valence-corrected chi connectivity index (χ2v) is 4.03. The van der Waals surface area contributed by atoms with E-state index in [0.29, 0.717) is 0 Å². The Hall–Kier alpha value is -0.380. The summed E-state index contributed by atoms with van der Waals surface area (Å²) in [4.78, 5) is 0. The van der Waals surface area contributed by atoms with Gasteiger partial charge in [-0.25, -0.2) is 0 Å². The molecule has 1 heterocycles. The van der Waals surface area contributed by atoms with Crippen molar-refractivity contribution in [2.75, 3.05) is 0 Å². The normalized spacial score (nSPS) is 14.7. The van der Waals surface area contributed by atoms with Gasteiger partial charge in [-0.2, -0.15) is 0 Å². The molecular weight excluding hydrogens is 225 g/mol. The van der Waals surface area contributed by atoms with Crippen molar-refractivity contribution in [2.24, 2.45) is 3.21 Å². The number of halogens is 1. The number of hydrogen-bond donors (Lipinski definition) is 0. The molecule has 0 aromatic heterocycles. The van der Waals surface area contributed by atoms with Gasteiger partial charge in [-0.05, 0) is 0 Å². The fourth-order valence-corrected chi connectivity index (χ4v) is 2.49. The molecule has 2 heteroatoms. The Kier molecular flexibility index (Phi) is 1.26. The molecule has 0 fully saturated rings. The number of hydrogen-bond acceptors (Lipinski definition) is 1. The Bertz CT molecular complexity index is 255. The first-order valence-electron chi connectivity index (χ1n) is 2.73. The molecule has 0 radical (unpaired) electrons. The average Bonchev–Trinajstić information content (AvgIpc) is 2.33. The predicted octanol–water partition coefficient (Wildman–Crippen LogP) is -1.71. The molecule has 0 amide bonds. The maximum absolute atomic E-state index is 4.24. The van der Waals surface area contributed by atoms with Crippen molar-refractivity contribution in [3.63, 3.8) is 0 Å². The van der Waals surface area contributed by atoms with Gasteiger partial charge in [-0.15, -0.1) is 0 Å². The summed E-state index contributed by atoms with van der Waals surface area (Å²) in [6.45, 7) is 0. The first-order chi connectivity index (χ1) is 4.47. The third-order valence-corrected chi connectivity index (χ3v) is 3.29. The molecule has 1 aromatic rings. The monoisotopic (exact) mass is 230 g/mol. The molecular formula is C7H5IN-. The van der Waals surface area contributed by atoms with Gasteiger partial charge in [0, 0.05) is 0 Å². The Labute approximate surface area is 64.4 Å². The van der Waals surface area contributed by atoms with E-state index in [4.69, 9.17) is 0 Å². The third kappa shape index (κ3) is 0.871. The summed E-state index contributed by atoms with van der Waals surface area (Å²) in [5.41, 5.74) is 1.32. The second-order valence-electron chi connectivity index (χ2n) is 1.83. The van der Waals surface area contributed by atoms with E-state index in [1.54, 1.807) is 0 Å². The Morgan fingerprint density at radius 1 is 1.22 bits per heavy atom. The minimum absolute atomic E-state index is 0.00806. The van der Waals surface area contributed by atoms with Crippen molar-refractivity contribution >= 4 is 6.21 Å². The first-order valence-corrected chi connectivity index (χ1v) is 4.78. The van der Waals surface area contributed by atoms with E-state index < -0.39 is 0 Å². The average molecular weight is 230 g/mol. The van der Waals surface area contributed by atoms with Crippen molar-refractivity contribution in [3.8, 4) is 0 Å². The van der Waals surface area contributed by atoms with Crippen LogP contribution in [0.5, 0.6) is 0 Å². The molecule has 9 heavy (non-hydrogen) atoms. The summed E-state index contributed by atoms with van der Waals surface area (Å²) in [5, 5.41) is 0. The molecule has 2 rings (SSSR count). The van der Waals surface area contributed by atoms with Crippen LogP contribution >= 0.6 is 0 Å². The zero-order chi connectivity index (χ0) is 6.10. The van der Waals surface area contributed by atoms with Gasteiger partial charge < -0.3 is 0 Å². The third-order valence-electron chi connectivity index (χ3n) is 1.23. The van der Waals surface area contributed by atoms with Gasteiger partial charge in [0.05, 0.1) is 0 Å². The molecule has 1 aliphatic rings. The molecule has 0 saturated heterocycles. The van der Waals surface area contributed by atoms with Crippen molar-refractivity contribution in [1.29, 1.82) is 0 Å². The number of benzene rings is 1. The van der Waals surface area contributed by atoms with Crippen LogP contribution in [0.2, 0.25) is 0 Å². The van der Waals surface area contributed by atoms with E-state index in [2.05, 4.69) is 27.5 Å². The van der Waals surface area contributed by atoms with Crippen LogP contribution < -0.4 is 21.5 Å². The molecule has 46 valence electrons. The van der Waals surface area contributed by atoms with Crippen molar-refractivity contribution in [3.05, 3.63) is 33.4 Å². The van der Waals surface area contributed by atoms with Crippen LogP contribution in [0.1, 0.15) is 5.56 Å². The zero-order valence-electron chi connectivity index (χ0n) is 4.71. The quantitative estimate of drug-likeness (QED) is 0.471. The topological polar surface area (TPSA) is 12.4 Å². The predicted molar refractivity (Wildman–Crippen MR) is 32.7 cm³/mol. The van der Waals surface area contributed by atoms with Crippen LogP contribution in [-0.4, -0.2) is 6.21 Å². The molecule has 0 N–H and O–H groups in total. The van der Waals surface area contributed by atoms with Gasteiger partial charge in [0.1, 0.15) is 0 Å². The summed E-state index contributed by atoms with van der Waals surface area (Å²) in [6.07, 6.45) is 1.97. The summed E-state index contributed by atoms with van der Waals surface area (Å²) in [7, 11) is 0. The van der Waals surface area contributed by atoms with E-state index in [1.807, 2.05) is 6.21 Å². The second kappa shape index (κ2) is 2.10. The number of fused-ring (bicyclic) bond motifs is 1. The number of rotatable bonds is 0. The first kappa shape index (κ1) is 5.41. The van der Waals surface area contributed by atoms with E-state index in [9.17, 15) is 0 Å². The molecule has 0 bridgehead atoms. The van der Waals surface area contributed by atoms with Gasteiger partial charge in [0.2, 0.25) is 0 Å². The Morgan fingerprint density at radius 2 is 2.11 bits per heavy atom. The molecule has 0 spiro atoms. The van der Waals surface area contributed by atoms with Gasteiger partial charge in [0.15, 0.2) is 0 Å². The summed E-state index contributed by atoms with van der Waals surface area (Å²) < 4.78 is 5.69. The van der Waals surface area contributed by atoms with E-state index in [-0.39, 0.29) is 21.5 Å². The molecule has 1 nitrogen and oxygen atoms in total. The molecule has 1 aromatic carbocycles. The Balaban J connectivity index is 2.63. The van der Waals surface area contributed by atoms with Crippen LogP contribution in [0, 0.1) is 3.57 Å². The van der Waals surface area contributed by atoms with E-state index in [1.165, 1.54) is 9.13 Å². The molecule has 0 saturated carbocycles.